The van der Waals surface area contributed by atoms with Crippen LogP contribution >= 0.6 is 11.8 Å². The molecule has 0 aliphatic heterocycles. The van der Waals surface area contributed by atoms with Crippen LogP contribution in [0.3, 0.4) is 0 Å². The highest BCUT2D eigenvalue weighted by molar-refractivity contribution is 7.97. The van der Waals surface area contributed by atoms with Gasteiger partial charge in [0.2, 0.25) is 11.7 Å². The minimum absolute atomic E-state index is 0.618. The topological polar surface area (TPSA) is 74.2 Å². The summed E-state index contributed by atoms with van der Waals surface area (Å²) in [5.41, 5.74) is 3.98. The number of aryl methyl sites for hydroxylation is 4. The Kier molecular flexibility index (Phi) is 5.98. The molecule has 2 aromatic heterocycles. The predicted molar refractivity (Wildman–Crippen MR) is 101 cm³/mol. The second kappa shape index (κ2) is 8.40. The average Bonchev–Trinajstić information content (AvgIpc) is 3.23. The van der Waals surface area contributed by atoms with Crippen LogP contribution in [0.15, 0.2) is 27.2 Å². The molecule has 0 fully saturated rings. The van der Waals surface area contributed by atoms with Gasteiger partial charge in [-0.25, -0.2) is 0 Å². The lowest BCUT2D eigenvalue weighted by atomic mass is 10.1. The molecule has 0 spiro atoms. The molecule has 0 atom stereocenters. The minimum atomic E-state index is 0.618. The maximum Gasteiger partial charge on any atom is 0.236 e. The fourth-order valence-electron chi connectivity index (χ4n) is 2.82. The first-order valence-corrected chi connectivity index (χ1v) is 9.94. The van der Waals surface area contributed by atoms with E-state index in [-0.39, 0.29) is 0 Å². The van der Waals surface area contributed by atoms with E-state index in [1.807, 2.05) is 45.2 Å². The number of rotatable bonds is 8. The van der Waals surface area contributed by atoms with E-state index in [2.05, 4.69) is 15.3 Å². The van der Waals surface area contributed by atoms with E-state index in [0.29, 0.717) is 18.3 Å². The van der Waals surface area contributed by atoms with Crippen molar-refractivity contribution in [2.24, 2.45) is 0 Å². The molecule has 0 aliphatic carbocycles. The molecule has 3 aromatic rings. The Bertz CT molecular complexity index is 850. The molecule has 2 heterocycles. The summed E-state index contributed by atoms with van der Waals surface area (Å²) < 4.78 is 16.5. The molecule has 7 heteroatoms. The molecular weight excluding hydrogens is 350 g/mol. The molecule has 0 unspecified atom stereocenters. The number of nitrogens with zero attached hydrogens (tertiary/aromatic N) is 3. The molecule has 26 heavy (non-hydrogen) atoms. The summed E-state index contributed by atoms with van der Waals surface area (Å²) in [6, 6.07) is 6.03. The Hall–Kier alpha value is -2.28. The Morgan fingerprint density at radius 3 is 2.46 bits per heavy atom. The van der Waals surface area contributed by atoms with Crippen LogP contribution in [0.4, 0.5) is 0 Å². The van der Waals surface area contributed by atoms with Gasteiger partial charge in [0.15, 0.2) is 0 Å². The number of ether oxygens (including phenoxy) is 1. The highest BCUT2D eigenvalue weighted by atomic mass is 32.2. The summed E-state index contributed by atoms with van der Waals surface area (Å²) in [6.45, 7) is 6.62. The summed E-state index contributed by atoms with van der Waals surface area (Å²) in [6.07, 6.45) is 3.70. The highest BCUT2D eigenvalue weighted by Crippen LogP contribution is 2.29. The summed E-state index contributed by atoms with van der Waals surface area (Å²) in [4.78, 5) is 4.44. The van der Waals surface area contributed by atoms with Crippen molar-refractivity contribution in [3.05, 3.63) is 46.7 Å². The van der Waals surface area contributed by atoms with E-state index in [0.717, 1.165) is 52.5 Å². The molecule has 0 bridgehead atoms. The van der Waals surface area contributed by atoms with Gasteiger partial charge in [0.25, 0.3) is 0 Å². The molecule has 0 saturated heterocycles. The van der Waals surface area contributed by atoms with Gasteiger partial charge in [0.05, 0.1) is 18.1 Å². The first kappa shape index (κ1) is 18.5. The van der Waals surface area contributed by atoms with E-state index in [9.17, 15) is 0 Å². The van der Waals surface area contributed by atoms with Gasteiger partial charge in [-0.15, -0.1) is 0 Å². The van der Waals surface area contributed by atoms with Gasteiger partial charge >= 0.3 is 0 Å². The van der Waals surface area contributed by atoms with E-state index >= 15 is 0 Å². The molecule has 1 aromatic carbocycles. The third kappa shape index (κ3) is 4.46. The Morgan fingerprint density at radius 2 is 1.81 bits per heavy atom. The normalized spacial score (nSPS) is 11.1. The monoisotopic (exact) mass is 373 g/mol. The lowest BCUT2D eigenvalue weighted by Crippen LogP contribution is -2.02. The van der Waals surface area contributed by atoms with Crippen LogP contribution in [0, 0.1) is 20.8 Å². The van der Waals surface area contributed by atoms with Crippen LogP contribution in [-0.2, 0) is 12.2 Å². The maximum absolute atomic E-state index is 6.00. The smallest absolute Gasteiger partial charge is 0.236 e. The van der Waals surface area contributed by atoms with E-state index in [1.165, 1.54) is 0 Å². The molecule has 6 nitrogen and oxygen atoms in total. The van der Waals surface area contributed by atoms with Crippen molar-refractivity contribution in [3.63, 3.8) is 0 Å². The number of hydrogen-bond acceptors (Lipinski definition) is 7. The van der Waals surface area contributed by atoms with E-state index < -0.39 is 0 Å². The molecule has 138 valence electrons. The number of hydrogen-bond donors (Lipinski definition) is 0. The van der Waals surface area contributed by atoms with Crippen molar-refractivity contribution in [2.75, 3.05) is 12.9 Å². The summed E-state index contributed by atoms with van der Waals surface area (Å²) in [5, 5.41) is 7.97. The number of aromatic nitrogens is 3. The second-order valence-electron chi connectivity index (χ2n) is 6.27. The molecule has 0 aliphatic rings. The van der Waals surface area contributed by atoms with E-state index in [1.54, 1.807) is 11.8 Å². The van der Waals surface area contributed by atoms with Gasteiger partial charge in [0, 0.05) is 18.1 Å². The molecule has 3 rings (SSSR count). The van der Waals surface area contributed by atoms with Crippen LogP contribution in [0.5, 0.6) is 5.75 Å². The Balaban J connectivity index is 1.63. The van der Waals surface area contributed by atoms with Crippen LogP contribution in [-0.4, -0.2) is 28.2 Å². The Morgan fingerprint density at radius 1 is 1.04 bits per heavy atom. The van der Waals surface area contributed by atoms with Crippen molar-refractivity contribution < 1.29 is 13.8 Å². The van der Waals surface area contributed by atoms with Crippen molar-refractivity contribution in [1.29, 1.82) is 0 Å². The van der Waals surface area contributed by atoms with E-state index in [4.69, 9.17) is 13.8 Å². The maximum atomic E-state index is 6.00. The van der Waals surface area contributed by atoms with Gasteiger partial charge in [0.1, 0.15) is 11.5 Å². The third-order valence-electron chi connectivity index (χ3n) is 3.95. The molecule has 0 N–H and O–H groups in total. The van der Waals surface area contributed by atoms with Crippen molar-refractivity contribution >= 4 is 11.8 Å². The van der Waals surface area contributed by atoms with Crippen molar-refractivity contribution in [1.82, 2.24) is 15.3 Å². The SMILES string of the molecule is CSCc1nc(-c2cc(C)c(OCCCc3cc(C)no3)c(C)c2)no1. The minimum Gasteiger partial charge on any atom is -0.493 e. The number of thioether (sulfide) groups is 1. The lowest BCUT2D eigenvalue weighted by Gasteiger charge is -2.13. The van der Waals surface area contributed by atoms with Crippen molar-refractivity contribution in [2.45, 2.75) is 39.4 Å². The second-order valence-corrected chi connectivity index (χ2v) is 7.14. The zero-order valence-corrected chi connectivity index (χ0v) is 16.4. The first-order chi connectivity index (χ1) is 12.6. The fraction of sp³-hybridized carbons (Fsp3) is 0.421. The van der Waals surface area contributed by atoms with Crippen LogP contribution < -0.4 is 4.74 Å². The summed E-state index contributed by atoms with van der Waals surface area (Å²) in [5.74, 6) is 3.79. The summed E-state index contributed by atoms with van der Waals surface area (Å²) in [7, 11) is 0. The van der Waals surface area contributed by atoms with Gasteiger partial charge in [-0.2, -0.15) is 16.7 Å². The van der Waals surface area contributed by atoms with Gasteiger partial charge in [-0.3, -0.25) is 0 Å². The van der Waals surface area contributed by atoms with Gasteiger partial charge in [-0.05, 0) is 56.7 Å². The number of benzene rings is 1. The summed E-state index contributed by atoms with van der Waals surface area (Å²) >= 11 is 1.66. The molecule has 0 radical (unpaired) electrons. The average molecular weight is 373 g/mol. The highest BCUT2D eigenvalue weighted by Gasteiger charge is 2.13. The van der Waals surface area contributed by atoms with Crippen LogP contribution in [0.1, 0.15) is 34.9 Å². The van der Waals surface area contributed by atoms with Crippen molar-refractivity contribution in [3.8, 4) is 17.1 Å². The lowest BCUT2D eigenvalue weighted by molar-refractivity contribution is 0.296. The van der Waals surface area contributed by atoms with Gasteiger partial charge < -0.3 is 13.8 Å². The zero-order valence-electron chi connectivity index (χ0n) is 15.5. The largest absolute Gasteiger partial charge is 0.493 e. The quantitative estimate of drug-likeness (QED) is 0.537. The standard InChI is InChI=1S/C19H23N3O3S/c1-12-8-15(19-20-17(11-26-4)25-22-19)9-13(2)18(12)23-7-5-6-16-10-14(3)21-24-16/h8-10H,5-7,11H2,1-4H3. The molecule has 0 amide bonds. The molecular formula is C19H23N3O3S. The fourth-order valence-corrected chi connectivity index (χ4v) is 3.18. The predicted octanol–water partition coefficient (Wildman–Crippen LogP) is 4.52. The Labute approximate surface area is 157 Å². The van der Waals surface area contributed by atoms with Crippen LogP contribution in [0.25, 0.3) is 11.4 Å². The third-order valence-corrected chi connectivity index (χ3v) is 4.48. The first-order valence-electron chi connectivity index (χ1n) is 8.55. The molecule has 0 saturated carbocycles. The van der Waals surface area contributed by atoms with Crippen LogP contribution in [0.2, 0.25) is 0 Å². The van der Waals surface area contributed by atoms with Gasteiger partial charge in [-0.1, -0.05) is 10.3 Å². The zero-order chi connectivity index (χ0) is 18.5.